The summed E-state index contributed by atoms with van der Waals surface area (Å²) >= 11 is 0. The van der Waals surface area contributed by atoms with Crippen LogP contribution < -0.4 is 20.3 Å². The molecule has 0 aliphatic carbocycles. The molecule has 2 N–H and O–H groups in total. The molecule has 0 radical (unpaired) electrons. The molecule has 3 rings (SSSR count). The lowest BCUT2D eigenvalue weighted by molar-refractivity contribution is -0.128. The van der Waals surface area contributed by atoms with E-state index in [9.17, 15) is 9.59 Å². The quantitative estimate of drug-likeness (QED) is 0.584. The number of carbonyl (C=O) groups is 2. The van der Waals surface area contributed by atoms with E-state index < -0.39 is 17.9 Å². The van der Waals surface area contributed by atoms with Crippen LogP contribution in [0.15, 0.2) is 78.9 Å². The highest BCUT2D eigenvalue weighted by atomic mass is 16.5. The largest absolute Gasteiger partial charge is 0.496 e. The maximum absolute atomic E-state index is 12.5. The summed E-state index contributed by atoms with van der Waals surface area (Å²) in [5.41, 5.74) is 7.32. The third kappa shape index (κ3) is 5.17. The lowest BCUT2D eigenvalue weighted by Crippen LogP contribution is -2.48. The van der Waals surface area contributed by atoms with Crippen LogP contribution in [0.3, 0.4) is 0 Å². The highest BCUT2D eigenvalue weighted by Gasteiger charge is 2.20. The van der Waals surface area contributed by atoms with Crippen LogP contribution in [0.1, 0.15) is 23.7 Å². The first kappa shape index (κ1) is 20.9. The van der Waals surface area contributed by atoms with Gasteiger partial charge in [-0.25, -0.2) is 0 Å². The SMILES string of the molecule is CCC(Oc1ccc(-c2ccccc2)cc1)C(=O)NNC(=O)c1ccccc1OC. The minimum atomic E-state index is -0.745. The van der Waals surface area contributed by atoms with Crippen LogP contribution in [0, 0.1) is 0 Å². The molecular weight excluding hydrogens is 380 g/mol. The second-order valence-electron chi connectivity index (χ2n) is 6.55. The molecule has 154 valence electrons. The van der Waals surface area contributed by atoms with Gasteiger partial charge in [-0.05, 0) is 41.8 Å². The summed E-state index contributed by atoms with van der Waals surface area (Å²) in [6.45, 7) is 1.84. The van der Waals surface area contributed by atoms with Crippen molar-refractivity contribution in [2.24, 2.45) is 0 Å². The lowest BCUT2D eigenvalue weighted by Gasteiger charge is -2.18. The van der Waals surface area contributed by atoms with Gasteiger partial charge < -0.3 is 9.47 Å². The lowest BCUT2D eigenvalue weighted by atomic mass is 10.1. The molecule has 0 saturated heterocycles. The molecule has 0 bridgehead atoms. The van der Waals surface area contributed by atoms with Gasteiger partial charge in [-0.2, -0.15) is 0 Å². The molecule has 0 aliphatic heterocycles. The molecule has 1 unspecified atom stereocenters. The van der Waals surface area contributed by atoms with Crippen LogP contribution in [-0.4, -0.2) is 25.0 Å². The second-order valence-corrected chi connectivity index (χ2v) is 6.55. The Balaban J connectivity index is 1.59. The summed E-state index contributed by atoms with van der Waals surface area (Å²) in [6, 6.07) is 24.3. The maximum Gasteiger partial charge on any atom is 0.279 e. The molecule has 3 aromatic rings. The van der Waals surface area contributed by atoms with Crippen LogP contribution in [0.25, 0.3) is 11.1 Å². The Morgan fingerprint density at radius 1 is 0.833 bits per heavy atom. The predicted octanol–water partition coefficient (Wildman–Crippen LogP) is 3.98. The molecule has 6 nitrogen and oxygen atoms in total. The predicted molar refractivity (Wildman–Crippen MR) is 115 cm³/mol. The van der Waals surface area contributed by atoms with Gasteiger partial charge >= 0.3 is 0 Å². The monoisotopic (exact) mass is 404 g/mol. The van der Waals surface area contributed by atoms with Crippen molar-refractivity contribution < 1.29 is 19.1 Å². The van der Waals surface area contributed by atoms with Crippen LogP contribution in [0.2, 0.25) is 0 Å². The summed E-state index contributed by atoms with van der Waals surface area (Å²) in [6.07, 6.45) is -0.304. The molecule has 0 aliphatic rings. The normalized spacial score (nSPS) is 11.3. The van der Waals surface area contributed by atoms with Crippen molar-refractivity contribution in [1.82, 2.24) is 10.9 Å². The van der Waals surface area contributed by atoms with Crippen LogP contribution in [-0.2, 0) is 4.79 Å². The van der Waals surface area contributed by atoms with E-state index in [2.05, 4.69) is 10.9 Å². The van der Waals surface area contributed by atoms with Crippen LogP contribution in [0.4, 0.5) is 0 Å². The van der Waals surface area contributed by atoms with E-state index >= 15 is 0 Å². The first-order valence-corrected chi connectivity index (χ1v) is 9.67. The van der Waals surface area contributed by atoms with Gasteiger partial charge in [0.1, 0.15) is 11.5 Å². The van der Waals surface area contributed by atoms with Crippen molar-refractivity contribution >= 4 is 11.8 Å². The fourth-order valence-electron chi connectivity index (χ4n) is 2.94. The molecule has 0 heterocycles. The zero-order valence-electron chi connectivity index (χ0n) is 16.9. The Labute approximate surface area is 175 Å². The molecule has 0 fully saturated rings. The van der Waals surface area contributed by atoms with E-state index in [1.807, 2.05) is 61.5 Å². The Morgan fingerprint density at radius 3 is 2.13 bits per heavy atom. The van der Waals surface area contributed by atoms with Crippen molar-refractivity contribution in [3.8, 4) is 22.6 Å². The number of para-hydroxylation sites is 1. The van der Waals surface area contributed by atoms with E-state index in [4.69, 9.17) is 9.47 Å². The fourth-order valence-corrected chi connectivity index (χ4v) is 2.94. The van der Waals surface area contributed by atoms with Gasteiger partial charge in [0.2, 0.25) is 0 Å². The molecular formula is C24H24N2O4. The summed E-state index contributed by atoms with van der Waals surface area (Å²) < 4.78 is 11.0. The standard InChI is InChI=1S/C24H24N2O4/c1-3-21(24(28)26-25-23(27)20-11-7-8-12-22(20)29-2)30-19-15-13-18(14-16-19)17-9-5-4-6-10-17/h4-16,21H,3H2,1-2H3,(H,25,27)(H,26,28). The average Bonchev–Trinajstić information content (AvgIpc) is 2.81. The van der Waals surface area contributed by atoms with Crippen molar-refractivity contribution in [3.63, 3.8) is 0 Å². The van der Waals surface area contributed by atoms with Crippen molar-refractivity contribution in [1.29, 1.82) is 0 Å². The Bertz CT molecular complexity index is 988. The number of carbonyl (C=O) groups excluding carboxylic acids is 2. The molecule has 1 atom stereocenters. The Hall–Kier alpha value is -3.80. The zero-order chi connectivity index (χ0) is 21.3. The third-order valence-corrected chi connectivity index (χ3v) is 4.55. The van der Waals surface area contributed by atoms with Gasteiger partial charge in [-0.15, -0.1) is 0 Å². The summed E-state index contributed by atoms with van der Waals surface area (Å²) in [4.78, 5) is 24.8. The first-order valence-electron chi connectivity index (χ1n) is 9.67. The first-order chi connectivity index (χ1) is 14.6. The van der Waals surface area contributed by atoms with Crippen molar-refractivity contribution in [3.05, 3.63) is 84.4 Å². The second kappa shape index (κ2) is 10.1. The number of hydrogen-bond donors (Lipinski definition) is 2. The Kier molecular flexibility index (Phi) is 7.05. The highest BCUT2D eigenvalue weighted by molar-refractivity contribution is 5.98. The minimum Gasteiger partial charge on any atom is -0.496 e. The topological polar surface area (TPSA) is 76.7 Å². The van der Waals surface area contributed by atoms with Gasteiger partial charge in [-0.3, -0.25) is 20.4 Å². The zero-order valence-corrected chi connectivity index (χ0v) is 16.9. The number of nitrogens with one attached hydrogen (secondary N) is 2. The van der Waals surface area contributed by atoms with E-state index in [-0.39, 0.29) is 0 Å². The molecule has 3 aromatic carbocycles. The van der Waals surface area contributed by atoms with Crippen molar-refractivity contribution in [2.45, 2.75) is 19.4 Å². The van der Waals surface area contributed by atoms with Crippen LogP contribution >= 0.6 is 0 Å². The van der Waals surface area contributed by atoms with Crippen LogP contribution in [0.5, 0.6) is 11.5 Å². The number of rotatable bonds is 7. The number of amides is 2. The smallest absolute Gasteiger partial charge is 0.279 e. The Morgan fingerprint density at radius 2 is 1.47 bits per heavy atom. The molecule has 6 heteroatoms. The molecule has 2 amide bonds. The number of methoxy groups -OCH3 is 1. The van der Waals surface area contributed by atoms with E-state index in [1.54, 1.807) is 24.3 Å². The van der Waals surface area contributed by atoms with Gasteiger partial charge in [0.05, 0.1) is 12.7 Å². The van der Waals surface area contributed by atoms with E-state index in [1.165, 1.54) is 7.11 Å². The number of benzene rings is 3. The molecule has 30 heavy (non-hydrogen) atoms. The van der Waals surface area contributed by atoms with Gasteiger partial charge in [0, 0.05) is 0 Å². The average molecular weight is 404 g/mol. The van der Waals surface area contributed by atoms with Gasteiger partial charge in [-0.1, -0.05) is 61.5 Å². The summed E-state index contributed by atoms with van der Waals surface area (Å²) in [5.74, 6) is 0.0922. The van der Waals surface area contributed by atoms with E-state index in [0.717, 1.165) is 11.1 Å². The minimum absolute atomic E-state index is 0.325. The number of hydrogen-bond acceptors (Lipinski definition) is 4. The third-order valence-electron chi connectivity index (χ3n) is 4.55. The van der Waals surface area contributed by atoms with E-state index in [0.29, 0.717) is 23.5 Å². The molecule has 0 spiro atoms. The summed E-state index contributed by atoms with van der Waals surface area (Å²) in [7, 11) is 1.48. The number of ether oxygens (including phenoxy) is 2. The highest BCUT2D eigenvalue weighted by Crippen LogP contribution is 2.23. The molecule has 0 saturated carbocycles. The molecule has 0 aromatic heterocycles. The van der Waals surface area contributed by atoms with Crippen molar-refractivity contribution in [2.75, 3.05) is 7.11 Å². The summed E-state index contributed by atoms with van der Waals surface area (Å²) in [5, 5.41) is 0. The van der Waals surface area contributed by atoms with Gasteiger partial charge in [0.15, 0.2) is 6.10 Å². The number of hydrazine groups is 1. The fraction of sp³-hybridized carbons (Fsp3) is 0.167. The maximum atomic E-state index is 12.5. The van der Waals surface area contributed by atoms with Gasteiger partial charge in [0.25, 0.3) is 11.8 Å².